The quantitative estimate of drug-likeness (QED) is 0.776. The predicted octanol–water partition coefficient (Wildman–Crippen LogP) is 1.96. The fourth-order valence-electron chi connectivity index (χ4n) is 2.44. The van der Waals surface area contributed by atoms with Gasteiger partial charge in [-0.1, -0.05) is 29.8 Å². The lowest BCUT2D eigenvalue weighted by Crippen LogP contribution is -2.26. The number of rotatable bonds is 5. The molecule has 3 aromatic rings. The summed E-state index contributed by atoms with van der Waals surface area (Å²) in [5.41, 5.74) is 3.70. The number of aromatic nitrogens is 3. The SMILES string of the molecule is Cc1ccc(-c2nc3cccnc3n2CCNS(C)(=O)=O)cc1. The predicted molar refractivity (Wildman–Crippen MR) is 90.5 cm³/mol. The van der Waals surface area contributed by atoms with E-state index in [2.05, 4.69) is 14.7 Å². The second-order valence-electron chi connectivity index (χ2n) is 5.47. The minimum absolute atomic E-state index is 0.291. The Bertz CT molecular complexity index is 930. The van der Waals surface area contributed by atoms with Gasteiger partial charge in [0.05, 0.1) is 6.26 Å². The minimum Gasteiger partial charge on any atom is -0.307 e. The molecule has 2 heterocycles. The van der Waals surface area contributed by atoms with Crippen LogP contribution in [0.2, 0.25) is 0 Å². The van der Waals surface area contributed by atoms with Crippen LogP contribution >= 0.6 is 0 Å². The third-order valence-electron chi connectivity index (χ3n) is 3.51. The number of fused-ring (bicyclic) bond motifs is 1. The van der Waals surface area contributed by atoms with Gasteiger partial charge >= 0.3 is 0 Å². The van der Waals surface area contributed by atoms with Gasteiger partial charge in [-0.15, -0.1) is 0 Å². The van der Waals surface area contributed by atoms with Crippen molar-refractivity contribution in [2.75, 3.05) is 12.8 Å². The molecule has 1 N–H and O–H groups in total. The number of sulfonamides is 1. The molecule has 0 bridgehead atoms. The molecule has 6 nitrogen and oxygen atoms in total. The van der Waals surface area contributed by atoms with Crippen LogP contribution < -0.4 is 4.72 Å². The number of imidazole rings is 1. The van der Waals surface area contributed by atoms with Crippen LogP contribution in [-0.2, 0) is 16.6 Å². The van der Waals surface area contributed by atoms with Crippen molar-refractivity contribution in [2.24, 2.45) is 0 Å². The summed E-state index contributed by atoms with van der Waals surface area (Å²) in [5, 5.41) is 0. The molecule has 0 aliphatic heterocycles. The molecule has 0 saturated carbocycles. The highest BCUT2D eigenvalue weighted by atomic mass is 32.2. The Kier molecular flexibility index (Phi) is 4.14. The van der Waals surface area contributed by atoms with Gasteiger partial charge in [-0.3, -0.25) is 0 Å². The zero-order valence-electron chi connectivity index (χ0n) is 13.0. The van der Waals surface area contributed by atoms with Gasteiger partial charge in [-0.05, 0) is 19.1 Å². The zero-order chi connectivity index (χ0) is 16.4. The summed E-state index contributed by atoms with van der Waals surface area (Å²) in [5.74, 6) is 0.786. The third-order valence-corrected chi connectivity index (χ3v) is 4.24. The first-order valence-corrected chi connectivity index (χ1v) is 9.16. The number of nitrogens with zero attached hydrogens (tertiary/aromatic N) is 3. The Balaban J connectivity index is 2.02. The third kappa shape index (κ3) is 3.57. The molecule has 120 valence electrons. The molecule has 23 heavy (non-hydrogen) atoms. The Morgan fingerprint density at radius 2 is 1.91 bits per heavy atom. The lowest BCUT2D eigenvalue weighted by atomic mass is 10.1. The van der Waals surface area contributed by atoms with E-state index in [0.29, 0.717) is 13.1 Å². The summed E-state index contributed by atoms with van der Waals surface area (Å²) in [7, 11) is -3.22. The second-order valence-corrected chi connectivity index (χ2v) is 7.30. The molecule has 0 spiro atoms. The molecule has 0 aliphatic rings. The Morgan fingerprint density at radius 1 is 1.17 bits per heavy atom. The molecule has 1 aromatic carbocycles. The monoisotopic (exact) mass is 330 g/mol. The summed E-state index contributed by atoms with van der Waals surface area (Å²) in [6.07, 6.45) is 2.86. The number of hydrogen-bond donors (Lipinski definition) is 1. The van der Waals surface area contributed by atoms with E-state index in [1.165, 1.54) is 5.56 Å². The highest BCUT2D eigenvalue weighted by Gasteiger charge is 2.13. The van der Waals surface area contributed by atoms with Gasteiger partial charge in [0.25, 0.3) is 0 Å². The Morgan fingerprint density at radius 3 is 2.61 bits per heavy atom. The Hall–Kier alpha value is -2.25. The number of pyridine rings is 1. The molecule has 0 atom stereocenters. The van der Waals surface area contributed by atoms with Crippen molar-refractivity contribution in [1.82, 2.24) is 19.3 Å². The van der Waals surface area contributed by atoms with Crippen molar-refractivity contribution in [3.8, 4) is 11.4 Å². The number of nitrogens with one attached hydrogen (secondary N) is 1. The maximum absolute atomic E-state index is 11.3. The molecule has 0 amide bonds. The van der Waals surface area contributed by atoms with Crippen molar-refractivity contribution in [3.63, 3.8) is 0 Å². The summed E-state index contributed by atoms with van der Waals surface area (Å²) < 4.78 is 27.0. The van der Waals surface area contributed by atoms with E-state index in [9.17, 15) is 8.42 Å². The standard InChI is InChI=1S/C16H18N4O2S/c1-12-5-7-13(8-6-12)15-19-14-4-3-9-17-16(14)20(15)11-10-18-23(2,21)22/h3-9,18H,10-11H2,1-2H3. The van der Waals surface area contributed by atoms with E-state index in [4.69, 9.17) is 0 Å². The normalized spacial score (nSPS) is 11.9. The second kappa shape index (κ2) is 6.10. The van der Waals surface area contributed by atoms with Crippen LogP contribution in [0.1, 0.15) is 5.56 Å². The number of benzene rings is 1. The van der Waals surface area contributed by atoms with Gasteiger partial charge < -0.3 is 4.57 Å². The molecule has 0 radical (unpaired) electrons. The first-order chi connectivity index (χ1) is 10.9. The van der Waals surface area contributed by atoms with Crippen LogP contribution in [0.15, 0.2) is 42.6 Å². The van der Waals surface area contributed by atoms with Crippen LogP contribution in [0.5, 0.6) is 0 Å². The molecular formula is C16H18N4O2S. The lowest BCUT2D eigenvalue weighted by molar-refractivity contribution is 0.580. The fraction of sp³-hybridized carbons (Fsp3) is 0.250. The van der Waals surface area contributed by atoms with Crippen LogP contribution in [0.25, 0.3) is 22.6 Å². The van der Waals surface area contributed by atoms with Crippen LogP contribution in [-0.4, -0.2) is 35.8 Å². The van der Waals surface area contributed by atoms with Crippen molar-refractivity contribution < 1.29 is 8.42 Å². The summed E-state index contributed by atoms with van der Waals surface area (Å²) in [4.78, 5) is 9.03. The van der Waals surface area contributed by atoms with Crippen molar-refractivity contribution in [1.29, 1.82) is 0 Å². The van der Waals surface area contributed by atoms with Gasteiger partial charge in [0.1, 0.15) is 11.3 Å². The van der Waals surface area contributed by atoms with E-state index >= 15 is 0 Å². The first-order valence-electron chi connectivity index (χ1n) is 7.27. The van der Waals surface area contributed by atoms with Crippen LogP contribution in [0, 0.1) is 6.92 Å². The largest absolute Gasteiger partial charge is 0.307 e. The lowest BCUT2D eigenvalue weighted by Gasteiger charge is -2.09. The number of hydrogen-bond acceptors (Lipinski definition) is 4. The van der Waals surface area contributed by atoms with Gasteiger partial charge in [-0.2, -0.15) is 0 Å². The fourth-order valence-corrected chi connectivity index (χ4v) is 2.90. The average molecular weight is 330 g/mol. The summed E-state index contributed by atoms with van der Waals surface area (Å²) in [6, 6.07) is 11.8. The highest BCUT2D eigenvalue weighted by Crippen LogP contribution is 2.23. The van der Waals surface area contributed by atoms with Crippen LogP contribution in [0.3, 0.4) is 0 Å². The highest BCUT2D eigenvalue weighted by molar-refractivity contribution is 7.88. The van der Waals surface area contributed by atoms with Gasteiger partial charge in [0, 0.05) is 24.8 Å². The molecular weight excluding hydrogens is 312 g/mol. The molecule has 3 rings (SSSR count). The first kappa shape index (κ1) is 15.6. The van der Waals surface area contributed by atoms with Gasteiger partial charge in [-0.25, -0.2) is 23.1 Å². The van der Waals surface area contributed by atoms with E-state index in [0.717, 1.165) is 28.8 Å². The molecule has 7 heteroatoms. The van der Waals surface area contributed by atoms with Crippen LogP contribution in [0.4, 0.5) is 0 Å². The summed E-state index contributed by atoms with van der Waals surface area (Å²) >= 11 is 0. The molecule has 0 saturated heterocycles. The topological polar surface area (TPSA) is 76.9 Å². The summed E-state index contributed by atoms with van der Waals surface area (Å²) in [6.45, 7) is 2.79. The minimum atomic E-state index is -3.22. The van der Waals surface area contributed by atoms with Gasteiger partial charge in [0.15, 0.2) is 5.65 Å². The maximum Gasteiger partial charge on any atom is 0.208 e. The van der Waals surface area contributed by atoms with E-state index in [1.54, 1.807) is 6.20 Å². The Labute approximate surface area is 135 Å². The van der Waals surface area contributed by atoms with E-state index < -0.39 is 10.0 Å². The molecule has 2 aromatic heterocycles. The van der Waals surface area contributed by atoms with E-state index in [-0.39, 0.29) is 0 Å². The van der Waals surface area contributed by atoms with E-state index in [1.807, 2.05) is 47.9 Å². The maximum atomic E-state index is 11.3. The molecule has 0 aliphatic carbocycles. The molecule has 0 fully saturated rings. The smallest absolute Gasteiger partial charge is 0.208 e. The zero-order valence-corrected chi connectivity index (χ0v) is 13.8. The van der Waals surface area contributed by atoms with Crippen molar-refractivity contribution >= 4 is 21.2 Å². The number of aryl methyl sites for hydroxylation is 1. The van der Waals surface area contributed by atoms with Crippen molar-refractivity contribution in [2.45, 2.75) is 13.5 Å². The van der Waals surface area contributed by atoms with Crippen molar-refractivity contribution in [3.05, 3.63) is 48.2 Å². The molecule has 0 unspecified atom stereocenters. The average Bonchev–Trinajstić information content (AvgIpc) is 2.86. The van der Waals surface area contributed by atoms with Gasteiger partial charge in [0.2, 0.25) is 10.0 Å².